The number of carbonyl (C=O) groups is 2. The van der Waals surface area contributed by atoms with Gasteiger partial charge in [-0.25, -0.2) is 0 Å². The summed E-state index contributed by atoms with van der Waals surface area (Å²) < 4.78 is 5.28. The zero-order valence-corrected chi connectivity index (χ0v) is 17.9. The minimum absolute atomic E-state index is 0.113. The third-order valence-corrected chi connectivity index (χ3v) is 5.80. The summed E-state index contributed by atoms with van der Waals surface area (Å²) in [4.78, 5) is 25.9. The first-order valence-electron chi connectivity index (χ1n) is 10.8. The van der Waals surface area contributed by atoms with Crippen molar-refractivity contribution < 1.29 is 14.3 Å². The summed E-state index contributed by atoms with van der Waals surface area (Å²) in [6, 6.07) is 21.3. The molecule has 160 valence electrons. The summed E-state index contributed by atoms with van der Waals surface area (Å²) in [5, 5.41) is 8.12. The van der Waals surface area contributed by atoms with Crippen LogP contribution in [0.25, 0.3) is 10.8 Å². The van der Waals surface area contributed by atoms with Gasteiger partial charge in [0.1, 0.15) is 11.8 Å². The Morgan fingerprint density at radius 2 is 1.68 bits per heavy atom. The molecule has 0 saturated heterocycles. The van der Waals surface area contributed by atoms with Gasteiger partial charge < -0.3 is 15.4 Å². The lowest BCUT2D eigenvalue weighted by Gasteiger charge is -2.21. The summed E-state index contributed by atoms with van der Waals surface area (Å²) in [7, 11) is 1.65. The van der Waals surface area contributed by atoms with Gasteiger partial charge in [-0.3, -0.25) is 9.59 Å². The van der Waals surface area contributed by atoms with Crippen molar-refractivity contribution in [2.75, 3.05) is 7.11 Å². The first kappa shape index (κ1) is 20.9. The number of methoxy groups -OCH3 is 1. The maximum absolute atomic E-state index is 13.1. The Labute approximate surface area is 182 Å². The molecule has 0 heterocycles. The van der Waals surface area contributed by atoms with Crippen LogP contribution in [0.5, 0.6) is 5.75 Å². The van der Waals surface area contributed by atoms with E-state index in [0.29, 0.717) is 6.42 Å². The molecule has 2 N–H and O–H groups in total. The third kappa shape index (κ3) is 5.23. The van der Waals surface area contributed by atoms with Crippen molar-refractivity contribution in [3.63, 3.8) is 0 Å². The number of amides is 2. The summed E-state index contributed by atoms with van der Waals surface area (Å²) >= 11 is 0. The van der Waals surface area contributed by atoms with Crippen LogP contribution in [-0.2, 0) is 16.0 Å². The van der Waals surface area contributed by atoms with Crippen LogP contribution in [0.3, 0.4) is 0 Å². The number of rotatable bonds is 8. The highest BCUT2D eigenvalue weighted by atomic mass is 16.5. The molecule has 1 saturated carbocycles. The van der Waals surface area contributed by atoms with Crippen molar-refractivity contribution in [2.24, 2.45) is 0 Å². The number of fused-ring (bicyclic) bond motifs is 1. The van der Waals surface area contributed by atoms with Crippen LogP contribution in [0.2, 0.25) is 0 Å². The molecule has 1 fully saturated rings. The Bertz CT molecular complexity index is 1080. The predicted octanol–water partition coefficient (Wildman–Crippen LogP) is 3.96. The van der Waals surface area contributed by atoms with Crippen molar-refractivity contribution in [3.05, 3.63) is 77.9 Å². The number of ether oxygens (including phenoxy) is 1. The Morgan fingerprint density at radius 3 is 2.39 bits per heavy atom. The standard InChI is InChI=1S/C26H28N2O3/c1-17(19-8-9-21-16-23(31-2)13-10-20(21)15-19)25(29)28-24(26(30)27-22-11-12-22)14-18-6-4-3-5-7-18/h3-10,13,15-17,22,24H,11-12,14H2,1-2H3,(H,27,30)(H,28,29)/t17-,24?/m0/s1. The second-order valence-electron chi connectivity index (χ2n) is 8.23. The number of hydrogen-bond donors (Lipinski definition) is 2. The molecule has 0 radical (unpaired) electrons. The van der Waals surface area contributed by atoms with Crippen molar-refractivity contribution in [1.29, 1.82) is 0 Å². The smallest absolute Gasteiger partial charge is 0.243 e. The number of nitrogens with one attached hydrogen (secondary N) is 2. The molecule has 5 heteroatoms. The highest BCUT2D eigenvalue weighted by Crippen LogP contribution is 2.25. The average molecular weight is 417 g/mol. The normalized spacial score (nSPS) is 15.2. The summed E-state index contributed by atoms with van der Waals surface area (Å²) in [5.41, 5.74) is 1.93. The zero-order valence-electron chi connectivity index (χ0n) is 17.9. The third-order valence-electron chi connectivity index (χ3n) is 5.80. The molecule has 3 aromatic carbocycles. The van der Waals surface area contributed by atoms with E-state index in [4.69, 9.17) is 4.74 Å². The second-order valence-corrected chi connectivity index (χ2v) is 8.23. The zero-order chi connectivity index (χ0) is 21.8. The Morgan fingerprint density at radius 1 is 0.968 bits per heavy atom. The van der Waals surface area contributed by atoms with Gasteiger partial charge in [0.25, 0.3) is 0 Å². The Balaban J connectivity index is 1.49. The Hall–Kier alpha value is -3.34. The molecule has 0 aliphatic heterocycles. The van der Waals surface area contributed by atoms with Gasteiger partial charge in [0.2, 0.25) is 11.8 Å². The SMILES string of the molecule is COc1ccc2cc([C@H](C)C(=O)NC(Cc3ccccc3)C(=O)NC3CC3)ccc2c1. The lowest BCUT2D eigenvalue weighted by molar-refractivity contribution is -0.129. The first-order chi connectivity index (χ1) is 15.0. The maximum Gasteiger partial charge on any atom is 0.243 e. The van der Waals surface area contributed by atoms with Gasteiger partial charge in [-0.15, -0.1) is 0 Å². The van der Waals surface area contributed by atoms with Crippen LogP contribution >= 0.6 is 0 Å². The number of benzene rings is 3. The van der Waals surface area contributed by atoms with E-state index >= 15 is 0 Å². The monoisotopic (exact) mass is 416 g/mol. The van der Waals surface area contributed by atoms with Gasteiger partial charge in [0.05, 0.1) is 13.0 Å². The minimum atomic E-state index is -0.595. The van der Waals surface area contributed by atoms with Gasteiger partial charge in [-0.05, 0) is 53.8 Å². The maximum atomic E-state index is 13.1. The van der Waals surface area contributed by atoms with Gasteiger partial charge >= 0.3 is 0 Å². The molecule has 0 bridgehead atoms. The fraction of sp³-hybridized carbons (Fsp3) is 0.308. The van der Waals surface area contributed by atoms with Crippen molar-refractivity contribution in [2.45, 2.75) is 44.2 Å². The fourth-order valence-electron chi connectivity index (χ4n) is 3.68. The first-order valence-corrected chi connectivity index (χ1v) is 10.8. The van der Waals surface area contributed by atoms with Crippen LogP contribution in [0.1, 0.15) is 36.8 Å². The van der Waals surface area contributed by atoms with E-state index in [1.54, 1.807) is 7.11 Å². The highest BCUT2D eigenvalue weighted by Gasteiger charge is 2.29. The fourth-order valence-corrected chi connectivity index (χ4v) is 3.68. The Kier molecular flexibility index (Phi) is 6.21. The van der Waals surface area contributed by atoms with E-state index in [9.17, 15) is 9.59 Å². The lowest BCUT2D eigenvalue weighted by atomic mass is 9.96. The number of hydrogen-bond acceptors (Lipinski definition) is 3. The summed E-state index contributed by atoms with van der Waals surface area (Å²) in [5.74, 6) is 0.159. The van der Waals surface area contributed by atoms with Gasteiger partial charge in [0.15, 0.2) is 0 Å². The van der Waals surface area contributed by atoms with Crippen LogP contribution in [0.4, 0.5) is 0 Å². The van der Waals surface area contributed by atoms with Gasteiger partial charge in [-0.2, -0.15) is 0 Å². The highest BCUT2D eigenvalue weighted by molar-refractivity contribution is 5.92. The van der Waals surface area contributed by atoms with E-state index in [0.717, 1.165) is 40.5 Å². The van der Waals surface area contributed by atoms with Crippen LogP contribution in [-0.4, -0.2) is 31.0 Å². The molecular weight excluding hydrogens is 388 g/mol. The molecule has 2 amide bonds. The molecular formula is C26H28N2O3. The van der Waals surface area contributed by atoms with Gasteiger partial charge in [0, 0.05) is 12.5 Å². The molecule has 1 aliphatic rings. The molecule has 2 atom stereocenters. The van der Waals surface area contributed by atoms with E-state index in [-0.39, 0.29) is 23.8 Å². The molecule has 3 aromatic rings. The van der Waals surface area contributed by atoms with Crippen molar-refractivity contribution >= 4 is 22.6 Å². The summed E-state index contributed by atoms with van der Waals surface area (Å²) in [6.07, 6.45) is 2.49. The van der Waals surface area contributed by atoms with Crippen LogP contribution in [0, 0.1) is 0 Å². The topological polar surface area (TPSA) is 67.4 Å². The molecule has 0 spiro atoms. The van der Waals surface area contributed by atoms with Gasteiger partial charge in [-0.1, -0.05) is 54.6 Å². The number of carbonyl (C=O) groups excluding carboxylic acids is 2. The molecule has 1 unspecified atom stereocenters. The molecule has 31 heavy (non-hydrogen) atoms. The minimum Gasteiger partial charge on any atom is -0.497 e. The summed E-state index contributed by atoms with van der Waals surface area (Å²) in [6.45, 7) is 1.87. The van der Waals surface area contributed by atoms with Crippen molar-refractivity contribution in [1.82, 2.24) is 10.6 Å². The van der Waals surface area contributed by atoms with Crippen LogP contribution in [0.15, 0.2) is 66.7 Å². The largest absolute Gasteiger partial charge is 0.497 e. The van der Waals surface area contributed by atoms with E-state index in [1.807, 2.05) is 73.7 Å². The lowest BCUT2D eigenvalue weighted by Crippen LogP contribution is -2.49. The van der Waals surface area contributed by atoms with E-state index in [1.165, 1.54) is 0 Å². The average Bonchev–Trinajstić information content (AvgIpc) is 3.62. The second kappa shape index (κ2) is 9.21. The molecule has 1 aliphatic carbocycles. The predicted molar refractivity (Wildman–Crippen MR) is 122 cm³/mol. The van der Waals surface area contributed by atoms with E-state index < -0.39 is 6.04 Å². The van der Waals surface area contributed by atoms with Crippen LogP contribution < -0.4 is 15.4 Å². The molecule has 0 aromatic heterocycles. The molecule has 4 rings (SSSR count). The van der Waals surface area contributed by atoms with E-state index in [2.05, 4.69) is 10.6 Å². The van der Waals surface area contributed by atoms with Crippen molar-refractivity contribution in [3.8, 4) is 5.75 Å². The quantitative estimate of drug-likeness (QED) is 0.584. The molecule has 5 nitrogen and oxygen atoms in total.